The maximum absolute atomic E-state index is 12.6. The van der Waals surface area contributed by atoms with Crippen molar-refractivity contribution in [2.75, 3.05) is 10.6 Å². The summed E-state index contributed by atoms with van der Waals surface area (Å²) in [6.45, 7) is 0. The molecular formula is C20H14Br2N2O2. The first-order chi connectivity index (χ1) is 12.5. The molecule has 0 fully saturated rings. The quantitative estimate of drug-likeness (QED) is 0.509. The van der Waals surface area contributed by atoms with Gasteiger partial charge in [-0.15, -0.1) is 0 Å². The monoisotopic (exact) mass is 472 g/mol. The van der Waals surface area contributed by atoms with E-state index in [-0.39, 0.29) is 11.8 Å². The van der Waals surface area contributed by atoms with Crippen LogP contribution in [0.5, 0.6) is 0 Å². The highest BCUT2D eigenvalue weighted by atomic mass is 79.9. The molecule has 0 unspecified atom stereocenters. The molecule has 0 aliphatic carbocycles. The minimum absolute atomic E-state index is 0.290. The summed E-state index contributed by atoms with van der Waals surface area (Å²) >= 11 is 6.72. The van der Waals surface area contributed by atoms with E-state index < -0.39 is 0 Å². The van der Waals surface area contributed by atoms with Gasteiger partial charge in [0.15, 0.2) is 0 Å². The molecule has 0 radical (unpaired) electrons. The minimum Gasteiger partial charge on any atom is -0.322 e. The Bertz CT molecular complexity index is 956. The van der Waals surface area contributed by atoms with Crippen molar-refractivity contribution in [1.29, 1.82) is 0 Å². The Morgan fingerprint density at radius 3 is 1.92 bits per heavy atom. The predicted molar refractivity (Wildman–Crippen MR) is 111 cm³/mol. The molecule has 0 aromatic heterocycles. The molecular weight excluding hydrogens is 460 g/mol. The van der Waals surface area contributed by atoms with Crippen LogP contribution in [0.2, 0.25) is 0 Å². The fourth-order valence-electron chi connectivity index (χ4n) is 2.36. The van der Waals surface area contributed by atoms with Gasteiger partial charge in [-0.3, -0.25) is 9.59 Å². The smallest absolute Gasteiger partial charge is 0.257 e. The molecule has 0 aliphatic heterocycles. The van der Waals surface area contributed by atoms with E-state index in [0.717, 1.165) is 4.47 Å². The Kier molecular flexibility index (Phi) is 5.85. The molecule has 2 amide bonds. The second kappa shape index (κ2) is 8.29. The van der Waals surface area contributed by atoms with Gasteiger partial charge in [-0.05, 0) is 64.5 Å². The maximum atomic E-state index is 12.6. The summed E-state index contributed by atoms with van der Waals surface area (Å²) in [5.41, 5.74) is 2.00. The van der Waals surface area contributed by atoms with Crippen LogP contribution in [0.4, 0.5) is 11.4 Å². The zero-order valence-electron chi connectivity index (χ0n) is 13.5. The number of hydrogen-bond donors (Lipinski definition) is 2. The van der Waals surface area contributed by atoms with E-state index in [1.165, 1.54) is 0 Å². The number of amides is 2. The van der Waals surface area contributed by atoms with Gasteiger partial charge in [0.05, 0.1) is 16.8 Å². The molecule has 0 aliphatic rings. The van der Waals surface area contributed by atoms with Gasteiger partial charge in [-0.25, -0.2) is 0 Å². The molecule has 0 saturated heterocycles. The number of nitrogens with one attached hydrogen (secondary N) is 2. The number of carbonyl (C=O) groups is 2. The van der Waals surface area contributed by atoms with Crippen LogP contribution in [-0.4, -0.2) is 11.8 Å². The van der Waals surface area contributed by atoms with E-state index in [4.69, 9.17) is 0 Å². The van der Waals surface area contributed by atoms with Crippen molar-refractivity contribution in [1.82, 2.24) is 0 Å². The lowest BCUT2D eigenvalue weighted by Gasteiger charge is -2.12. The average Bonchev–Trinajstić information content (AvgIpc) is 2.64. The van der Waals surface area contributed by atoms with E-state index in [2.05, 4.69) is 42.5 Å². The normalized spacial score (nSPS) is 10.2. The average molecular weight is 474 g/mol. The van der Waals surface area contributed by atoms with Crippen molar-refractivity contribution >= 4 is 55.0 Å². The fourth-order valence-corrected chi connectivity index (χ4v) is 3.09. The molecule has 3 aromatic carbocycles. The number of para-hydroxylation sites is 1. The number of hydrogen-bond acceptors (Lipinski definition) is 2. The summed E-state index contributed by atoms with van der Waals surface area (Å²) in [6.07, 6.45) is 0. The highest BCUT2D eigenvalue weighted by Gasteiger charge is 2.15. The van der Waals surface area contributed by atoms with E-state index in [1.807, 2.05) is 18.2 Å². The zero-order chi connectivity index (χ0) is 18.5. The van der Waals surface area contributed by atoms with Crippen LogP contribution in [0.15, 0.2) is 81.7 Å². The number of rotatable bonds is 4. The van der Waals surface area contributed by atoms with Gasteiger partial charge in [0.1, 0.15) is 0 Å². The summed E-state index contributed by atoms with van der Waals surface area (Å²) in [6, 6.07) is 21.3. The number of carbonyl (C=O) groups excluding carboxylic acids is 2. The zero-order valence-corrected chi connectivity index (χ0v) is 16.7. The van der Waals surface area contributed by atoms with Crippen LogP contribution in [0.3, 0.4) is 0 Å². The van der Waals surface area contributed by atoms with Crippen LogP contribution >= 0.6 is 31.9 Å². The third kappa shape index (κ3) is 4.39. The molecule has 130 valence electrons. The van der Waals surface area contributed by atoms with Crippen molar-refractivity contribution in [2.45, 2.75) is 0 Å². The Labute approximate surface area is 167 Å². The summed E-state index contributed by atoms with van der Waals surface area (Å²) in [7, 11) is 0. The molecule has 0 atom stereocenters. The van der Waals surface area contributed by atoms with E-state index in [9.17, 15) is 9.59 Å². The summed E-state index contributed by atoms with van der Waals surface area (Å²) in [5.74, 6) is -0.586. The van der Waals surface area contributed by atoms with Crippen molar-refractivity contribution in [3.63, 3.8) is 0 Å². The molecule has 6 heteroatoms. The second-order valence-corrected chi connectivity index (χ2v) is 7.21. The number of anilines is 2. The van der Waals surface area contributed by atoms with Gasteiger partial charge in [-0.1, -0.05) is 40.2 Å². The third-order valence-electron chi connectivity index (χ3n) is 3.64. The minimum atomic E-state index is -0.296. The Morgan fingerprint density at radius 1 is 0.654 bits per heavy atom. The molecule has 0 saturated carbocycles. The maximum Gasteiger partial charge on any atom is 0.257 e. The molecule has 3 rings (SSSR count). The molecule has 4 nitrogen and oxygen atoms in total. The van der Waals surface area contributed by atoms with Crippen LogP contribution in [0.1, 0.15) is 20.7 Å². The van der Waals surface area contributed by atoms with Crippen molar-refractivity contribution < 1.29 is 9.59 Å². The van der Waals surface area contributed by atoms with E-state index in [0.29, 0.717) is 27.0 Å². The molecule has 0 spiro atoms. The molecule has 26 heavy (non-hydrogen) atoms. The SMILES string of the molecule is O=C(Nc1ccccc1C(=O)Nc1ccc(Br)cc1)c1ccccc1Br. The highest BCUT2D eigenvalue weighted by molar-refractivity contribution is 9.10. The van der Waals surface area contributed by atoms with Crippen LogP contribution in [0.25, 0.3) is 0 Å². The summed E-state index contributed by atoms with van der Waals surface area (Å²) in [5, 5.41) is 5.64. The topological polar surface area (TPSA) is 58.2 Å². The second-order valence-electron chi connectivity index (χ2n) is 5.44. The lowest BCUT2D eigenvalue weighted by Crippen LogP contribution is -2.18. The van der Waals surface area contributed by atoms with Crippen molar-refractivity contribution in [2.24, 2.45) is 0 Å². The molecule has 0 heterocycles. The van der Waals surface area contributed by atoms with Gasteiger partial charge >= 0.3 is 0 Å². The lowest BCUT2D eigenvalue weighted by atomic mass is 10.1. The van der Waals surface area contributed by atoms with Crippen molar-refractivity contribution in [3.8, 4) is 0 Å². The summed E-state index contributed by atoms with van der Waals surface area (Å²) in [4.78, 5) is 25.1. The van der Waals surface area contributed by atoms with E-state index >= 15 is 0 Å². The van der Waals surface area contributed by atoms with Gasteiger partial charge in [-0.2, -0.15) is 0 Å². The molecule has 3 aromatic rings. The van der Waals surface area contributed by atoms with Crippen LogP contribution in [0, 0.1) is 0 Å². The number of benzene rings is 3. The third-order valence-corrected chi connectivity index (χ3v) is 4.86. The largest absolute Gasteiger partial charge is 0.322 e. The van der Waals surface area contributed by atoms with Crippen LogP contribution < -0.4 is 10.6 Å². The van der Waals surface area contributed by atoms with Crippen LogP contribution in [-0.2, 0) is 0 Å². The standard InChI is InChI=1S/C20H14Br2N2O2/c21-13-9-11-14(12-10-13)23-20(26)16-6-2-4-8-18(16)24-19(25)15-5-1-3-7-17(15)22/h1-12H,(H,23,26)(H,24,25). The van der Waals surface area contributed by atoms with Gasteiger partial charge < -0.3 is 10.6 Å². The van der Waals surface area contributed by atoms with E-state index in [1.54, 1.807) is 54.6 Å². The number of halogens is 2. The predicted octanol–water partition coefficient (Wildman–Crippen LogP) is 5.72. The summed E-state index contributed by atoms with van der Waals surface area (Å²) < 4.78 is 1.62. The van der Waals surface area contributed by atoms with Crippen molar-refractivity contribution in [3.05, 3.63) is 92.9 Å². The first-order valence-corrected chi connectivity index (χ1v) is 9.35. The first-order valence-electron chi connectivity index (χ1n) is 7.76. The highest BCUT2D eigenvalue weighted by Crippen LogP contribution is 2.22. The van der Waals surface area contributed by atoms with Gasteiger partial charge in [0.25, 0.3) is 11.8 Å². The molecule has 2 N–H and O–H groups in total. The lowest BCUT2D eigenvalue weighted by molar-refractivity contribution is 0.102. The van der Waals surface area contributed by atoms with Gasteiger partial charge in [0.2, 0.25) is 0 Å². The fraction of sp³-hybridized carbons (Fsp3) is 0. The Morgan fingerprint density at radius 2 is 1.23 bits per heavy atom. The first kappa shape index (κ1) is 18.4. The Balaban J connectivity index is 1.81. The Hall–Kier alpha value is -2.44. The molecule has 0 bridgehead atoms. The van der Waals surface area contributed by atoms with Gasteiger partial charge in [0, 0.05) is 14.6 Å².